The zero-order valence-corrected chi connectivity index (χ0v) is 14.7. The van der Waals surface area contributed by atoms with E-state index in [1.807, 2.05) is 0 Å². The number of nitrogens with zero attached hydrogens (tertiary/aromatic N) is 2. The largest absolute Gasteiger partial charge is 0.453 e. The van der Waals surface area contributed by atoms with Crippen LogP contribution in [0.25, 0.3) is 27.7 Å². The van der Waals surface area contributed by atoms with Crippen LogP contribution in [-0.4, -0.2) is 16.6 Å². The number of halogens is 3. The molecule has 0 radical (unpaired) electrons. The Kier molecular flexibility index (Phi) is 3.80. The highest BCUT2D eigenvalue weighted by molar-refractivity contribution is 5.94. The second-order valence-electron chi connectivity index (χ2n) is 6.37. The minimum absolute atomic E-state index is 0.0409. The number of hydrogen-bond donors (Lipinski definition) is 0. The van der Waals surface area contributed by atoms with Gasteiger partial charge in [0.2, 0.25) is 18.4 Å². The zero-order valence-electron chi connectivity index (χ0n) is 14.7. The van der Waals surface area contributed by atoms with Crippen LogP contribution in [0.15, 0.2) is 59.4 Å². The molecule has 0 amide bonds. The first-order valence-electron chi connectivity index (χ1n) is 8.60. The fourth-order valence-corrected chi connectivity index (χ4v) is 3.30. The van der Waals surface area contributed by atoms with Crippen LogP contribution in [0.4, 0.5) is 13.2 Å². The van der Waals surface area contributed by atoms with E-state index in [0.717, 1.165) is 4.68 Å². The van der Waals surface area contributed by atoms with Crippen LogP contribution in [0.3, 0.4) is 0 Å². The summed E-state index contributed by atoms with van der Waals surface area (Å²) in [6.07, 6.45) is 0. The summed E-state index contributed by atoms with van der Waals surface area (Å²) in [5.74, 6) is -3.10. The van der Waals surface area contributed by atoms with E-state index in [2.05, 4.69) is 5.10 Å². The standard InChI is InChI=1S/C21H11F3N2O3/c22-11-5-7-12(8-6-11)26-21(27)14-4-2-1-3-13(14)19(25-26)15-9-16-20(29-10-28-16)18(24)17(15)23/h1-9H,10H2. The predicted octanol–water partition coefficient (Wildman–Crippen LogP) is 4.20. The average Bonchev–Trinajstić information content (AvgIpc) is 3.21. The number of benzene rings is 3. The third-order valence-corrected chi connectivity index (χ3v) is 4.68. The first-order valence-corrected chi connectivity index (χ1v) is 8.60. The van der Waals surface area contributed by atoms with Crippen molar-refractivity contribution >= 4 is 10.8 Å². The minimum atomic E-state index is -1.19. The lowest BCUT2D eigenvalue weighted by molar-refractivity contribution is 0.170. The summed E-state index contributed by atoms with van der Waals surface area (Å²) in [4.78, 5) is 12.9. The van der Waals surface area contributed by atoms with Crippen molar-refractivity contribution in [2.45, 2.75) is 0 Å². The molecule has 0 spiro atoms. The molecular formula is C21H11F3N2O3. The summed E-state index contributed by atoms with van der Waals surface area (Å²) in [6, 6.07) is 12.9. The van der Waals surface area contributed by atoms with Gasteiger partial charge in [-0.3, -0.25) is 4.79 Å². The average molecular weight is 396 g/mol. The van der Waals surface area contributed by atoms with Crippen molar-refractivity contribution < 1.29 is 22.6 Å². The van der Waals surface area contributed by atoms with E-state index in [1.54, 1.807) is 24.3 Å². The van der Waals surface area contributed by atoms with E-state index >= 15 is 0 Å². The van der Waals surface area contributed by atoms with Gasteiger partial charge in [0.1, 0.15) is 11.5 Å². The van der Waals surface area contributed by atoms with Gasteiger partial charge in [0.25, 0.3) is 5.56 Å². The Hall–Kier alpha value is -3.81. The van der Waals surface area contributed by atoms with Crippen molar-refractivity contribution in [2.24, 2.45) is 0 Å². The molecule has 0 N–H and O–H groups in total. The van der Waals surface area contributed by atoms with Gasteiger partial charge in [0.05, 0.1) is 11.1 Å². The van der Waals surface area contributed by atoms with Gasteiger partial charge in [-0.05, 0) is 36.4 Å². The Balaban J connectivity index is 1.85. The highest BCUT2D eigenvalue weighted by atomic mass is 19.2. The van der Waals surface area contributed by atoms with Crippen LogP contribution in [0, 0.1) is 17.5 Å². The van der Waals surface area contributed by atoms with Gasteiger partial charge >= 0.3 is 0 Å². The molecule has 0 fully saturated rings. The van der Waals surface area contributed by atoms with E-state index in [9.17, 15) is 18.0 Å². The predicted molar refractivity (Wildman–Crippen MR) is 98.8 cm³/mol. The lowest BCUT2D eigenvalue weighted by Gasteiger charge is -2.13. The molecule has 2 heterocycles. The van der Waals surface area contributed by atoms with Crippen molar-refractivity contribution in [1.82, 2.24) is 9.78 Å². The van der Waals surface area contributed by atoms with E-state index < -0.39 is 23.0 Å². The molecule has 5 rings (SSSR count). The van der Waals surface area contributed by atoms with Crippen LogP contribution in [0.5, 0.6) is 11.5 Å². The van der Waals surface area contributed by atoms with Gasteiger partial charge in [-0.25, -0.2) is 8.78 Å². The molecule has 1 aliphatic heterocycles. The number of hydrogen-bond acceptors (Lipinski definition) is 4. The molecule has 8 heteroatoms. The van der Waals surface area contributed by atoms with Crippen LogP contribution in [0.2, 0.25) is 0 Å². The molecular weight excluding hydrogens is 385 g/mol. The quantitative estimate of drug-likeness (QED) is 0.510. The van der Waals surface area contributed by atoms with Crippen LogP contribution >= 0.6 is 0 Å². The Morgan fingerprint density at radius 3 is 2.38 bits per heavy atom. The van der Waals surface area contributed by atoms with Crippen molar-refractivity contribution in [1.29, 1.82) is 0 Å². The Morgan fingerprint density at radius 1 is 0.897 bits per heavy atom. The van der Waals surface area contributed by atoms with Gasteiger partial charge in [0.15, 0.2) is 11.6 Å². The zero-order chi connectivity index (χ0) is 20.1. The van der Waals surface area contributed by atoms with Crippen LogP contribution < -0.4 is 15.0 Å². The number of rotatable bonds is 2. The highest BCUT2D eigenvalue weighted by Crippen LogP contribution is 2.41. The summed E-state index contributed by atoms with van der Waals surface area (Å²) >= 11 is 0. The maximum absolute atomic E-state index is 14.9. The van der Waals surface area contributed by atoms with Gasteiger partial charge in [-0.1, -0.05) is 18.2 Å². The normalized spacial score (nSPS) is 12.5. The summed E-state index contributed by atoms with van der Waals surface area (Å²) in [7, 11) is 0. The second kappa shape index (κ2) is 6.37. The van der Waals surface area contributed by atoms with E-state index in [0.29, 0.717) is 5.39 Å². The molecule has 29 heavy (non-hydrogen) atoms. The summed E-state index contributed by atoms with van der Waals surface area (Å²) in [6.45, 7) is -0.224. The topological polar surface area (TPSA) is 53.4 Å². The van der Waals surface area contributed by atoms with Gasteiger partial charge in [-0.2, -0.15) is 14.2 Å². The first-order chi connectivity index (χ1) is 14.0. The van der Waals surface area contributed by atoms with Gasteiger partial charge < -0.3 is 9.47 Å². The molecule has 0 saturated heterocycles. The van der Waals surface area contributed by atoms with Crippen molar-refractivity contribution in [3.8, 4) is 28.4 Å². The SMILES string of the molecule is O=c1c2ccccc2c(-c2cc3c(c(F)c2F)OCO3)nn1-c1ccc(F)cc1. The lowest BCUT2D eigenvalue weighted by Crippen LogP contribution is -2.22. The molecule has 4 aromatic rings. The highest BCUT2D eigenvalue weighted by Gasteiger charge is 2.27. The molecule has 3 aromatic carbocycles. The molecule has 0 bridgehead atoms. The van der Waals surface area contributed by atoms with E-state index in [1.165, 1.54) is 30.3 Å². The monoisotopic (exact) mass is 396 g/mol. The van der Waals surface area contributed by atoms with E-state index in [-0.39, 0.29) is 40.6 Å². The molecule has 0 saturated carbocycles. The minimum Gasteiger partial charge on any atom is -0.453 e. The van der Waals surface area contributed by atoms with Crippen LogP contribution in [-0.2, 0) is 0 Å². The lowest BCUT2D eigenvalue weighted by atomic mass is 10.0. The first kappa shape index (κ1) is 17.3. The fraction of sp³-hybridized carbons (Fsp3) is 0.0476. The third kappa shape index (κ3) is 2.64. The fourth-order valence-electron chi connectivity index (χ4n) is 3.30. The van der Waals surface area contributed by atoms with Crippen molar-refractivity contribution in [3.63, 3.8) is 0 Å². The van der Waals surface area contributed by atoms with Gasteiger partial charge in [-0.15, -0.1) is 0 Å². The number of ether oxygens (including phenoxy) is 2. The Labute approximate surface area is 161 Å². The van der Waals surface area contributed by atoms with E-state index in [4.69, 9.17) is 9.47 Å². The second-order valence-corrected chi connectivity index (χ2v) is 6.37. The van der Waals surface area contributed by atoms with Crippen molar-refractivity contribution in [2.75, 3.05) is 6.79 Å². The Morgan fingerprint density at radius 2 is 1.62 bits per heavy atom. The summed E-state index contributed by atoms with van der Waals surface area (Å²) in [5, 5.41) is 4.87. The van der Waals surface area contributed by atoms with Crippen LogP contribution in [0.1, 0.15) is 0 Å². The molecule has 0 aliphatic carbocycles. The molecule has 5 nitrogen and oxygen atoms in total. The van der Waals surface area contributed by atoms with Gasteiger partial charge in [0, 0.05) is 10.9 Å². The Bertz CT molecular complexity index is 1330. The molecule has 1 aliphatic rings. The molecule has 144 valence electrons. The number of aromatic nitrogens is 2. The summed E-state index contributed by atoms with van der Waals surface area (Å²) in [5.41, 5.74) is -0.333. The van der Waals surface area contributed by atoms with Crippen molar-refractivity contribution in [3.05, 3.63) is 82.4 Å². The molecule has 1 aromatic heterocycles. The smallest absolute Gasteiger partial charge is 0.279 e. The maximum Gasteiger partial charge on any atom is 0.279 e. The summed E-state index contributed by atoms with van der Waals surface area (Å²) < 4.78 is 53.8. The molecule has 0 unspecified atom stereocenters. The maximum atomic E-state index is 14.9. The molecule has 0 atom stereocenters. The third-order valence-electron chi connectivity index (χ3n) is 4.68. The number of fused-ring (bicyclic) bond motifs is 2.